The minimum atomic E-state index is -0.565. The van der Waals surface area contributed by atoms with Crippen LogP contribution >= 0.6 is 0 Å². The molecular weight excluding hydrogens is 300 g/mol. The summed E-state index contributed by atoms with van der Waals surface area (Å²) < 4.78 is 10.8. The predicted molar refractivity (Wildman–Crippen MR) is 99.1 cm³/mol. The van der Waals surface area contributed by atoms with Crippen molar-refractivity contribution in [2.45, 2.75) is 77.9 Å². The van der Waals surface area contributed by atoms with Crippen molar-refractivity contribution in [1.29, 1.82) is 0 Å². The summed E-state index contributed by atoms with van der Waals surface area (Å²) in [4.78, 5) is 11.2. The highest BCUT2D eigenvalue weighted by Gasteiger charge is 2.11. The van der Waals surface area contributed by atoms with Gasteiger partial charge in [-0.3, -0.25) is 0 Å². The molecule has 0 aliphatic rings. The van der Waals surface area contributed by atoms with E-state index in [1.54, 1.807) is 0 Å². The maximum absolute atomic E-state index is 11.2. The minimum absolute atomic E-state index is 0.461. The molecule has 0 N–H and O–H groups in total. The molecule has 0 spiro atoms. The number of ether oxygens (including phenoxy) is 2. The average molecular weight is 332 g/mol. The molecule has 3 heteroatoms. The van der Waals surface area contributed by atoms with Gasteiger partial charge in [-0.2, -0.15) is 0 Å². The van der Waals surface area contributed by atoms with E-state index in [-0.39, 0.29) is 0 Å². The Labute approximate surface area is 147 Å². The molecule has 134 valence electrons. The number of unbranched alkanes of at least 4 members (excludes halogenated alkanes) is 6. The van der Waals surface area contributed by atoms with Crippen LogP contribution in [0.5, 0.6) is 5.75 Å². The van der Waals surface area contributed by atoms with Gasteiger partial charge >= 0.3 is 5.97 Å². The third-order valence-corrected chi connectivity index (χ3v) is 4.01. The van der Waals surface area contributed by atoms with Crippen molar-refractivity contribution >= 4 is 5.97 Å². The van der Waals surface area contributed by atoms with Gasteiger partial charge in [-0.25, -0.2) is 4.79 Å². The van der Waals surface area contributed by atoms with Gasteiger partial charge in [0.05, 0.1) is 0 Å². The molecule has 0 amide bonds. The first kappa shape index (κ1) is 20.3. The van der Waals surface area contributed by atoms with Crippen LogP contribution < -0.4 is 4.74 Å². The molecule has 0 radical (unpaired) electrons. The first-order chi connectivity index (χ1) is 11.7. The number of hydrogen-bond acceptors (Lipinski definition) is 3. The number of carbonyl (C=O) groups is 1. The molecule has 1 unspecified atom stereocenters. The van der Waals surface area contributed by atoms with Crippen molar-refractivity contribution in [3.8, 4) is 5.75 Å². The maximum atomic E-state index is 11.2. The van der Waals surface area contributed by atoms with Crippen LogP contribution in [0.3, 0.4) is 0 Å². The first-order valence-electron chi connectivity index (χ1n) is 9.28. The number of benzene rings is 1. The molecule has 1 rings (SSSR count). The number of esters is 1. The summed E-state index contributed by atoms with van der Waals surface area (Å²) in [6, 6.07) is 8.07. The van der Waals surface area contributed by atoms with E-state index in [2.05, 4.69) is 25.6 Å². The fourth-order valence-electron chi connectivity index (χ4n) is 2.54. The summed E-state index contributed by atoms with van der Waals surface area (Å²) in [5.41, 5.74) is 1.33. The van der Waals surface area contributed by atoms with Crippen LogP contribution in [0.4, 0.5) is 0 Å². The van der Waals surface area contributed by atoms with Crippen LogP contribution in [-0.2, 0) is 16.0 Å². The fourth-order valence-corrected chi connectivity index (χ4v) is 2.54. The third-order valence-electron chi connectivity index (χ3n) is 4.01. The topological polar surface area (TPSA) is 35.5 Å². The van der Waals surface area contributed by atoms with Crippen molar-refractivity contribution in [3.63, 3.8) is 0 Å². The zero-order valence-electron chi connectivity index (χ0n) is 15.3. The second-order valence-electron chi connectivity index (χ2n) is 6.11. The molecule has 0 saturated heterocycles. The molecule has 0 aliphatic carbocycles. The van der Waals surface area contributed by atoms with Crippen LogP contribution in [-0.4, -0.2) is 12.3 Å². The Morgan fingerprint density at radius 2 is 1.67 bits per heavy atom. The van der Waals surface area contributed by atoms with Crippen molar-refractivity contribution in [2.24, 2.45) is 0 Å². The van der Waals surface area contributed by atoms with Gasteiger partial charge in [0.1, 0.15) is 5.75 Å². The maximum Gasteiger partial charge on any atom is 0.333 e. The van der Waals surface area contributed by atoms with E-state index >= 15 is 0 Å². The van der Waals surface area contributed by atoms with Gasteiger partial charge in [-0.05, 0) is 30.5 Å². The van der Waals surface area contributed by atoms with Crippen LogP contribution in [0.2, 0.25) is 0 Å². The molecule has 0 aromatic heterocycles. The van der Waals surface area contributed by atoms with Crippen LogP contribution in [0.15, 0.2) is 36.9 Å². The SMILES string of the molecule is C=CC(=O)OC(CC)Oc1ccc(CCCCCCCCC)cc1. The second kappa shape index (κ2) is 12.6. The van der Waals surface area contributed by atoms with E-state index < -0.39 is 12.3 Å². The van der Waals surface area contributed by atoms with Gasteiger partial charge in [0, 0.05) is 12.5 Å². The Kier molecular flexibility index (Phi) is 10.7. The zero-order chi connectivity index (χ0) is 17.6. The second-order valence-corrected chi connectivity index (χ2v) is 6.11. The van der Waals surface area contributed by atoms with Crippen LogP contribution in [0, 0.1) is 0 Å². The van der Waals surface area contributed by atoms with Gasteiger partial charge in [-0.1, -0.05) is 71.1 Å². The number of aryl methyl sites for hydroxylation is 1. The molecule has 0 saturated carbocycles. The van der Waals surface area contributed by atoms with E-state index in [9.17, 15) is 4.79 Å². The quantitative estimate of drug-likeness (QED) is 0.197. The Hall–Kier alpha value is -1.77. The van der Waals surface area contributed by atoms with Gasteiger partial charge in [0.25, 0.3) is 0 Å². The van der Waals surface area contributed by atoms with Gasteiger partial charge in [0.15, 0.2) is 0 Å². The predicted octanol–water partition coefficient (Wildman–Crippen LogP) is 5.82. The monoisotopic (exact) mass is 332 g/mol. The summed E-state index contributed by atoms with van der Waals surface area (Å²) in [7, 11) is 0. The molecular formula is C21H32O3. The molecule has 0 heterocycles. The highest BCUT2D eigenvalue weighted by atomic mass is 16.7. The molecule has 3 nitrogen and oxygen atoms in total. The molecule has 0 fully saturated rings. The smallest absolute Gasteiger partial charge is 0.333 e. The first-order valence-corrected chi connectivity index (χ1v) is 9.28. The lowest BCUT2D eigenvalue weighted by Gasteiger charge is -2.17. The van der Waals surface area contributed by atoms with Crippen molar-refractivity contribution in [1.82, 2.24) is 0 Å². The van der Waals surface area contributed by atoms with Gasteiger partial charge < -0.3 is 9.47 Å². The molecule has 1 aromatic carbocycles. The van der Waals surface area contributed by atoms with E-state index in [0.717, 1.165) is 18.2 Å². The number of rotatable bonds is 13. The molecule has 24 heavy (non-hydrogen) atoms. The van der Waals surface area contributed by atoms with E-state index in [4.69, 9.17) is 9.47 Å². The minimum Gasteiger partial charge on any atom is -0.455 e. The zero-order valence-corrected chi connectivity index (χ0v) is 15.3. The molecule has 1 atom stereocenters. The summed E-state index contributed by atoms with van der Waals surface area (Å²) in [5, 5.41) is 0. The van der Waals surface area contributed by atoms with Crippen molar-refractivity contribution < 1.29 is 14.3 Å². The highest BCUT2D eigenvalue weighted by molar-refractivity contribution is 5.81. The molecule has 0 aliphatic heterocycles. The Bertz CT molecular complexity index is 464. The summed E-state index contributed by atoms with van der Waals surface area (Å²) >= 11 is 0. The van der Waals surface area contributed by atoms with Crippen LogP contribution in [0.25, 0.3) is 0 Å². The molecule has 1 aromatic rings. The number of carbonyl (C=O) groups excluding carboxylic acids is 1. The number of hydrogen-bond donors (Lipinski definition) is 0. The Balaban J connectivity index is 2.29. The van der Waals surface area contributed by atoms with E-state index in [0.29, 0.717) is 6.42 Å². The lowest BCUT2D eigenvalue weighted by Crippen LogP contribution is -2.22. The lowest BCUT2D eigenvalue weighted by atomic mass is 10.0. The van der Waals surface area contributed by atoms with Gasteiger partial charge in [0.2, 0.25) is 6.29 Å². The van der Waals surface area contributed by atoms with E-state index in [1.165, 1.54) is 50.5 Å². The fraction of sp³-hybridized carbons (Fsp3) is 0.571. The summed E-state index contributed by atoms with van der Waals surface area (Å²) in [6.07, 6.45) is 11.6. The average Bonchev–Trinajstić information content (AvgIpc) is 2.61. The van der Waals surface area contributed by atoms with Crippen molar-refractivity contribution in [2.75, 3.05) is 0 Å². The standard InChI is InChI=1S/C21H32O3/c1-4-7-8-9-10-11-12-13-18-14-16-19(17-15-18)23-21(6-3)24-20(22)5-2/h5,14-17,21H,2,4,6-13H2,1,3H3. The summed E-state index contributed by atoms with van der Waals surface area (Å²) in [6.45, 7) is 7.55. The summed E-state index contributed by atoms with van der Waals surface area (Å²) in [5.74, 6) is 0.263. The Morgan fingerprint density at radius 1 is 1.04 bits per heavy atom. The van der Waals surface area contributed by atoms with E-state index in [1.807, 2.05) is 19.1 Å². The van der Waals surface area contributed by atoms with Crippen molar-refractivity contribution in [3.05, 3.63) is 42.5 Å². The lowest BCUT2D eigenvalue weighted by molar-refractivity contribution is -0.157. The van der Waals surface area contributed by atoms with Gasteiger partial charge in [-0.15, -0.1) is 0 Å². The van der Waals surface area contributed by atoms with Crippen LogP contribution in [0.1, 0.15) is 70.8 Å². The normalized spacial score (nSPS) is 11.8. The highest BCUT2D eigenvalue weighted by Crippen LogP contribution is 2.17. The third kappa shape index (κ3) is 8.76. The molecule has 0 bridgehead atoms. The Morgan fingerprint density at radius 3 is 2.25 bits per heavy atom. The largest absolute Gasteiger partial charge is 0.455 e.